The summed E-state index contributed by atoms with van der Waals surface area (Å²) < 4.78 is 6.91. The Morgan fingerprint density at radius 2 is 2.00 bits per heavy atom. The quantitative estimate of drug-likeness (QED) is 0.801. The predicted molar refractivity (Wildman–Crippen MR) is 83.8 cm³/mol. The van der Waals surface area contributed by atoms with Gasteiger partial charge in [-0.25, -0.2) is 9.97 Å². The zero-order valence-electron chi connectivity index (χ0n) is 12.4. The predicted octanol–water partition coefficient (Wildman–Crippen LogP) is 2.16. The van der Waals surface area contributed by atoms with E-state index in [1.54, 1.807) is 0 Å². The number of aryl methyl sites for hydroxylation is 1. The number of ether oxygens (including phenoxy) is 1. The minimum absolute atomic E-state index is 0.106. The molecule has 0 aliphatic heterocycles. The summed E-state index contributed by atoms with van der Waals surface area (Å²) in [5.74, 6) is -0.106. The minimum Gasteiger partial charge on any atom is -0.467 e. The van der Waals surface area contributed by atoms with E-state index >= 15 is 0 Å². The summed E-state index contributed by atoms with van der Waals surface area (Å²) in [7, 11) is 3.47. The number of carbonyl (C=O) groups is 1. The van der Waals surface area contributed by atoms with Gasteiger partial charge < -0.3 is 14.6 Å². The standard InChI is InChI=1S/C16H16N4O2/c1-20-10-11(13-5-3-4-6-14(13)20)7-15(21)19-12-8-17-16(22-2)18-9-12/h3-6,8-10H,7H2,1-2H3,(H,19,21). The molecule has 0 saturated heterocycles. The second-order valence-electron chi connectivity index (χ2n) is 4.97. The monoisotopic (exact) mass is 296 g/mol. The first-order chi connectivity index (χ1) is 10.7. The number of rotatable bonds is 4. The molecule has 0 bridgehead atoms. The van der Waals surface area contributed by atoms with Crippen LogP contribution in [0.1, 0.15) is 5.56 Å². The Hall–Kier alpha value is -2.89. The number of para-hydroxylation sites is 1. The number of nitrogens with one attached hydrogen (secondary N) is 1. The summed E-state index contributed by atoms with van der Waals surface area (Å²) in [5, 5.41) is 3.88. The van der Waals surface area contributed by atoms with Gasteiger partial charge in [-0.2, -0.15) is 0 Å². The largest absolute Gasteiger partial charge is 0.467 e. The molecule has 2 aromatic heterocycles. The lowest BCUT2D eigenvalue weighted by Crippen LogP contribution is -2.14. The fourth-order valence-electron chi connectivity index (χ4n) is 2.43. The van der Waals surface area contributed by atoms with E-state index in [0.29, 0.717) is 12.1 Å². The molecular formula is C16H16N4O2. The first-order valence-corrected chi connectivity index (χ1v) is 6.86. The molecule has 22 heavy (non-hydrogen) atoms. The Balaban J connectivity index is 1.75. The molecule has 112 valence electrons. The van der Waals surface area contributed by atoms with Crippen LogP contribution in [0.15, 0.2) is 42.9 Å². The van der Waals surface area contributed by atoms with Crippen LogP contribution in [0, 0.1) is 0 Å². The van der Waals surface area contributed by atoms with E-state index in [1.165, 1.54) is 19.5 Å². The van der Waals surface area contributed by atoms with Crippen LogP contribution in [-0.2, 0) is 18.3 Å². The molecule has 1 N–H and O–H groups in total. The van der Waals surface area contributed by atoms with Gasteiger partial charge in [0.1, 0.15) is 0 Å². The maximum atomic E-state index is 12.2. The molecule has 0 fully saturated rings. The molecule has 1 amide bonds. The van der Waals surface area contributed by atoms with Gasteiger partial charge in [0.15, 0.2) is 0 Å². The molecule has 6 nitrogen and oxygen atoms in total. The van der Waals surface area contributed by atoms with Gasteiger partial charge in [-0.3, -0.25) is 4.79 Å². The van der Waals surface area contributed by atoms with Crippen molar-refractivity contribution < 1.29 is 9.53 Å². The second-order valence-corrected chi connectivity index (χ2v) is 4.97. The molecule has 0 spiro atoms. The summed E-state index contributed by atoms with van der Waals surface area (Å²) in [5.41, 5.74) is 2.65. The molecule has 0 aliphatic rings. The maximum absolute atomic E-state index is 12.2. The molecule has 2 heterocycles. The highest BCUT2D eigenvalue weighted by Gasteiger charge is 2.11. The molecule has 1 aromatic carbocycles. The van der Waals surface area contributed by atoms with Crippen LogP contribution < -0.4 is 10.1 Å². The number of hydrogen-bond donors (Lipinski definition) is 1. The third-order valence-corrected chi connectivity index (χ3v) is 3.42. The number of amides is 1. The van der Waals surface area contributed by atoms with Crippen molar-refractivity contribution >= 4 is 22.5 Å². The summed E-state index contributed by atoms with van der Waals surface area (Å²) in [6, 6.07) is 8.29. The normalized spacial score (nSPS) is 10.6. The molecule has 0 radical (unpaired) electrons. The molecule has 0 saturated carbocycles. The number of aromatic nitrogens is 3. The molecule has 0 aliphatic carbocycles. The van der Waals surface area contributed by atoms with Gasteiger partial charge in [0, 0.05) is 24.1 Å². The van der Waals surface area contributed by atoms with Crippen molar-refractivity contribution in [3.63, 3.8) is 0 Å². The maximum Gasteiger partial charge on any atom is 0.316 e. The van der Waals surface area contributed by atoms with Gasteiger partial charge in [-0.1, -0.05) is 18.2 Å². The number of hydrogen-bond acceptors (Lipinski definition) is 4. The van der Waals surface area contributed by atoms with Crippen molar-refractivity contribution in [2.75, 3.05) is 12.4 Å². The fourth-order valence-corrected chi connectivity index (χ4v) is 2.43. The van der Waals surface area contributed by atoms with E-state index in [4.69, 9.17) is 4.74 Å². The summed E-state index contributed by atoms with van der Waals surface area (Å²) in [6.07, 6.45) is 5.32. The van der Waals surface area contributed by atoms with Gasteiger partial charge in [0.2, 0.25) is 5.91 Å². The first kappa shape index (κ1) is 14.1. The number of anilines is 1. The zero-order chi connectivity index (χ0) is 15.5. The molecule has 0 unspecified atom stereocenters. The van der Waals surface area contributed by atoms with Gasteiger partial charge in [-0.05, 0) is 11.6 Å². The van der Waals surface area contributed by atoms with Crippen molar-refractivity contribution in [3.8, 4) is 6.01 Å². The Labute approximate surface area is 127 Å². The van der Waals surface area contributed by atoms with E-state index in [9.17, 15) is 4.79 Å². The van der Waals surface area contributed by atoms with Crippen molar-refractivity contribution in [1.82, 2.24) is 14.5 Å². The Kier molecular flexibility index (Phi) is 3.74. The smallest absolute Gasteiger partial charge is 0.316 e. The lowest BCUT2D eigenvalue weighted by molar-refractivity contribution is -0.115. The highest BCUT2D eigenvalue weighted by atomic mass is 16.5. The summed E-state index contributed by atoms with van der Waals surface area (Å²) >= 11 is 0. The lowest BCUT2D eigenvalue weighted by Gasteiger charge is -2.04. The number of carbonyl (C=O) groups excluding carboxylic acids is 1. The van der Waals surface area contributed by atoms with Crippen LogP contribution in [0.25, 0.3) is 10.9 Å². The topological polar surface area (TPSA) is 69.0 Å². The fraction of sp³-hybridized carbons (Fsp3) is 0.188. The average Bonchev–Trinajstić information content (AvgIpc) is 2.85. The van der Waals surface area contributed by atoms with Crippen LogP contribution in [-0.4, -0.2) is 27.6 Å². The van der Waals surface area contributed by atoms with Crippen LogP contribution >= 0.6 is 0 Å². The molecule has 3 aromatic rings. The Morgan fingerprint density at radius 3 is 2.73 bits per heavy atom. The van der Waals surface area contributed by atoms with Gasteiger partial charge >= 0.3 is 6.01 Å². The second kappa shape index (κ2) is 5.85. The Morgan fingerprint density at radius 1 is 1.27 bits per heavy atom. The van der Waals surface area contributed by atoms with Gasteiger partial charge in [0.05, 0.1) is 31.6 Å². The number of fused-ring (bicyclic) bond motifs is 1. The van der Waals surface area contributed by atoms with Crippen molar-refractivity contribution in [2.24, 2.45) is 7.05 Å². The van der Waals surface area contributed by atoms with E-state index in [1.807, 2.05) is 42.1 Å². The van der Waals surface area contributed by atoms with Crippen LogP contribution in [0.3, 0.4) is 0 Å². The van der Waals surface area contributed by atoms with E-state index in [-0.39, 0.29) is 11.9 Å². The molecule has 0 atom stereocenters. The minimum atomic E-state index is -0.106. The van der Waals surface area contributed by atoms with Gasteiger partial charge in [-0.15, -0.1) is 0 Å². The third kappa shape index (κ3) is 2.76. The lowest BCUT2D eigenvalue weighted by atomic mass is 10.1. The van der Waals surface area contributed by atoms with E-state index < -0.39 is 0 Å². The molecule has 6 heteroatoms. The highest BCUT2D eigenvalue weighted by Crippen LogP contribution is 2.21. The average molecular weight is 296 g/mol. The summed E-state index contributed by atoms with van der Waals surface area (Å²) in [4.78, 5) is 20.1. The van der Waals surface area contributed by atoms with Crippen LogP contribution in [0.4, 0.5) is 5.69 Å². The molecular weight excluding hydrogens is 280 g/mol. The third-order valence-electron chi connectivity index (χ3n) is 3.42. The van der Waals surface area contributed by atoms with Crippen molar-refractivity contribution in [1.29, 1.82) is 0 Å². The van der Waals surface area contributed by atoms with E-state index in [2.05, 4.69) is 15.3 Å². The SMILES string of the molecule is COc1ncc(NC(=O)Cc2cn(C)c3ccccc23)cn1. The van der Waals surface area contributed by atoms with Crippen molar-refractivity contribution in [2.45, 2.75) is 6.42 Å². The number of methoxy groups -OCH3 is 1. The number of benzene rings is 1. The van der Waals surface area contributed by atoms with Gasteiger partial charge in [0.25, 0.3) is 0 Å². The first-order valence-electron chi connectivity index (χ1n) is 6.86. The zero-order valence-corrected chi connectivity index (χ0v) is 12.4. The van der Waals surface area contributed by atoms with Crippen LogP contribution in [0.2, 0.25) is 0 Å². The molecule has 3 rings (SSSR count). The number of nitrogens with zero attached hydrogens (tertiary/aromatic N) is 3. The van der Waals surface area contributed by atoms with E-state index in [0.717, 1.165) is 16.5 Å². The van der Waals surface area contributed by atoms with Crippen molar-refractivity contribution in [3.05, 3.63) is 48.4 Å². The Bertz CT molecular complexity index is 809. The highest BCUT2D eigenvalue weighted by molar-refractivity contribution is 5.95. The summed E-state index contributed by atoms with van der Waals surface area (Å²) in [6.45, 7) is 0. The van der Waals surface area contributed by atoms with Crippen LogP contribution in [0.5, 0.6) is 6.01 Å².